The summed E-state index contributed by atoms with van der Waals surface area (Å²) in [4.78, 5) is 16.3. The Kier molecular flexibility index (Phi) is 5.04. The number of hydrogen-bond acceptors (Lipinski definition) is 3. The van der Waals surface area contributed by atoms with Crippen LogP contribution in [0, 0.1) is 5.82 Å². The number of aromatic nitrogens is 1. The first-order valence-electron chi connectivity index (χ1n) is 7.54. The van der Waals surface area contributed by atoms with E-state index in [2.05, 4.69) is 15.6 Å². The van der Waals surface area contributed by atoms with Crippen molar-refractivity contribution in [3.05, 3.63) is 66.1 Å². The Morgan fingerprint density at radius 3 is 2.80 bits per heavy atom. The van der Waals surface area contributed by atoms with Crippen LogP contribution in [0.25, 0.3) is 10.9 Å². The van der Waals surface area contributed by atoms with Crippen molar-refractivity contribution in [2.45, 2.75) is 11.4 Å². The van der Waals surface area contributed by atoms with Gasteiger partial charge in [0.05, 0.1) is 21.2 Å². The molecular weight excluding hydrogens is 341 g/mol. The van der Waals surface area contributed by atoms with E-state index >= 15 is 0 Å². The van der Waals surface area contributed by atoms with Crippen LogP contribution in [0.3, 0.4) is 0 Å². The molecule has 7 heteroatoms. The van der Waals surface area contributed by atoms with Gasteiger partial charge in [0, 0.05) is 30.1 Å². The Balaban J connectivity index is 1.62. The summed E-state index contributed by atoms with van der Waals surface area (Å²) >= 11 is 0. The van der Waals surface area contributed by atoms with Gasteiger partial charge in [-0.25, -0.2) is 9.18 Å². The lowest BCUT2D eigenvalue weighted by Crippen LogP contribution is -2.28. The van der Waals surface area contributed by atoms with Gasteiger partial charge in [0.25, 0.3) is 0 Å². The van der Waals surface area contributed by atoms with Gasteiger partial charge in [-0.1, -0.05) is 12.1 Å². The van der Waals surface area contributed by atoms with Crippen molar-refractivity contribution in [3.8, 4) is 0 Å². The molecule has 0 spiro atoms. The normalized spacial score (nSPS) is 11.9. The fraction of sp³-hybridized carbons (Fsp3) is 0.111. The molecule has 1 unspecified atom stereocenters. The molecule has 0 fully saturated rings. The summed E-state index contributed by atoms with van der Waals surface area (Å²) in [6.45, 7) is 0.330. The number of fused-ring (bicyclic) bond motifs is 1. The Hall–Kier alpha value is -2.80. The maximum Gasteiger partial charge on any atom is 0.319 e. The number of carbonyl (C=O) groups is 1. The molecule has 0 aliphatic carbocycles. The van der Waals surface area contributed by atoms with E-state index in [9.17, 15) is 13.4 Å². The predicted octanol–water partition coefficient (Wildman–Crippen LogP) is 3.43. The van der Waals surface area contributed by atoms with E-state index in [0.29, 0.717) is 12.2 Å². The molecule has 0 saturated heterocycles. The van der Waals surface area contributed by atoms with Crippen molar-refractivity contribution in [1.29, 1.82) is 0 Å². The molecule has 0 bridgehead atoms. The lowest BCUT2D eigenvalue weighted by Gasteiger charge is -2.09. The number of pyridine rings is 1. The van der Waals surface area contributed by atoms with Crippen molar-refractivity contribution in [2.24, 2.45) is 0 Å². The molecule has 25 heavy (non-hydrogen) atoms. The number of urea groups is 1. The first kappa shape index (κ1) is 17.0. The minimum atomic E-state index is -1.41. The van der Waals surface area contributed by atoms with Crippen LogP contribution in [-0.4, -0.2) is 21.5 Å². The summed E-state index contributed by atoms with van der Waals surface area (Å²) in [5, 5.41) is 6.26. The van der Waals surface area contributed by atoms with E-state index < -0.39 is 22.6 Å². The standard InChI is InChI=1S/C18H16FN3O2S/c1-25(24)17-7-5-14(10-15(17)19)22-18(23)21-11-12-4-6-16-13(9-12)3-2-8-20-16/h2-10H,11H2,1H3,(H2,21,22,23). The molecule has 3 aromatic rings. The van der Waals surface area contributed by atoms with Crippen molar-refractivity contribution in [2.75, 3.05) is 11.6 Å². The van der Waals surface area contributed by atoms with Crippen LogP contribution in [0.15, 0.2) is 59.6 Å². The SMILES string of the molecule is CS(=O)c1ccc(NC(=O)NCc2ccc3ncccc3c2)cc1F. The maximum absolute atomic E-state index is 13.8. The van der Waals surface area contributed by atoms with Crippen molar-refractivity contribution >= 4 is 33.4 Å². The molecule has 0 saturated carbocycles. The second-order valence-corrected chi connectivity index (χ2v) is 6.79. The Labute approximate surface area is 146 Å². The summed E-state index contributed by atoms with van der Waals surface area (Å²) in [5.74, 6) is -0.610. The van der Waals surface area contributed by atoms with E-state index in [0.717, 1.165) is 22.5 Å². The number of rotatable bonds is 4. The van der Waals surface area contributed by atoms with E-state index in [1.165, 1.54) is 18.4 Å². The quantitative estimate of drug-likeness (QED) is 0.751. The third kappa shape index (κ3) is 4.19. The van der Waals surface area contributed by atoms with Crippen LogP contribution in [-0.2, 0) is 17.3 Å². The van der Waals surface area contributed by atoms with Gasteiger partial charge in [0.15, 0.2) is 0 Å². The molecule has 0 aliphatic rings. The lowest BCUT2D eigenvalue weighted by molar-refractivity contribution is 0.251. The van der Waals surface area contributed by atoms with Crippen molar-refractivity contribution in [1.82, 2.24) is 10.3 Å². The first-order chi connectivity index (χ1) is 12.0. The average molecular weight is 357 g/mol. The Morgan fingerprint density at radius 2 is 2.04 bits per heavy atom. The zero-order valence-electron chi connectivity index (χ0n) is 13.5. The fourth-order valence-electron chi connectivity index (χ4n) is 2.40. The zero-order valence-corrected chi connectivity index (χ0v) is 14.3. The second kappa shape index (κ2) is 7.40. The van der Waals surface area contributed by atoms with E-state index in [1.54, 1.807) is 6.20 Å². The monoisotopic (exact) mass is 357 g/mol. The highest BCUT2D eigenvalue weighted by Crippen LogP contribution is 2.17. The van der Waals surface area contributed by atoms with Gasteiger partial charge in [0.1, 0.15) is 5.82 Å². The van der Waals surface area contributed by atoms with Gasteiger partial charge in [-0.2, -0.15) is 0 Å². The van der Waals surface area contributed by atoms with Gasteiger partial charge >= 0.3 is 6.03 Å². The smallest absolute Gasteiger partial charge is 0.319 e. The van der Waals surface area contributed by atoms with Gasteiger partial charge in [-0.05, 0) is 42.0 Å². The van der Waals surface area contributed by atoms with Crippen LogP contribution in [0.1, 0.15) is 5.56 Å². The van der Waals surface area contributed by atoms with E-state index in [-0.39, 0.29) is 4.90 Å². The fourth-order valence-corrected chi connectivity index (χ4v) is 3.00. The van der Waals surface area contributed by atoms with Crippen LogP contribution in [0.4, 0.5) is 14.9 Å². The molecule has 0 aliphatic heterocycles. The number of benzene rings is 2. The van der Waals surface area contributed by atoms with Crippen molar-refractivity contribution in [3.63, 3.8) is 0 Å². The zero-order chi connectivity index (χ0) is 17.8. The lowest BCUT2D eigenvalue weighted by atomic mass is 10.1. The summed E-state index contributed by atoms with van der Waals surface area (Å²) in [6.07, 6.45) is 3.13. The highest BCUT2D eigenvalue weighted by atomic mass is 32.2. The van der Waals surface area contributed by atoms with E-state index in [4.69, 9.17) is 0 Å². The molecular formula is C18H16FN3O2S. The molecule has 1 atom stereocenters. The minimum Gasteiger partial charge on any atom is -0.334 e. The van der Waals surface area contributed by atoms with Gasteiger partial charge in [-0.3, -0.25) is 9.19 Å². The molecule has 5 nitrogen and oxygen atoms in total. The molecule has 128 valence electrons. The maximum atomic E-state index is 13.8. The van der Waals surface area contributed by atoms with Gasteiger partial charge < -0.3 is 10.6 Å². The minimum absolute atomic E-state index is 0.107. The van der Waals surface area contributed by atoms with Gasteiger partial charge in [0.2, 0.25) is 0 Å². The molecule has 1 aromatic heterocycles. The predicted molar refractivity (Wildman–Crippen MR) is 96.3 cm³/mol. The Bertz CT molecular complexity index is 962. The number of nitrogens with one attached hydrogen (secondary N) is 2. The number of anilines is 1. The molecule has 3 rings (SSSR count). The highest BCUT2D eigenvalue weighted by Gasteiger charge is 2.09. The summed E-state index contributed by atoms with van der Waals surface area (Å²) in [5.41, 5.74) is 2.12. The largest absolute Gasteiger partial charge is 0.334 e. The van der Waals surface area contributed by atoms with Crippen LogP contribution < -0.4 is 10.6 Å². The number of halogens is 1. The highest BCUT2D eigenvalue weighted by molar-refractivity contribution is 7.84. The van der Waals surface area contributed by atoms with Crippen LogP contribution in [0.5, 0.6) is 0 Å². The third-order valence-corrected chi connectivity index (χ3v) is 4.57. The summed E-state index contributed by atoms with van der Waals surface area (Å²) in [7, 11) is -1.41. The molecule has 0 radical (unpaired) electrons. The topological polar surface area (TPSA) is 71.1 Å². The number of hydrogen-bond donors (Lipinski definition) is 2. The number of carbonyl (C=O) groups excluding carboxylic acids is 1. The molecule has 2 aromatic carbocycles. The van der Waals surface area contributed by atoms with Crippen LogP contribution in [0.2, 0.25) is 0 Å². The molecule has 1 heterocycles. The number of nitrogens with zero attached hydrogens (tertiary/aromatic N) is 1. The molecule has 2 N–H and O–H groups in total. The second-order valence-electron chi connectivity index (χ2n) is 5.44. The summed E-state index contributed by atoms with van der Waals surface area (Å²) < 4.78 is 25.1. The van der Waals surface area contributed by atoms with E-state index in [1.807, 2.05) is 30.3 Å². The Morgan fingerprint density at radius 1 is 1.20 bits per heavy atom. The van der Waals surface area contributed by atoms with Gasteiger partial charge in [-0.15, -0.1) is 0 Å². The van der Waals surface area contributed by atoms with Crippen LogP contribution >= 0.6 is 0 Å². The number of amides is 2. The van der Waals surface area contributed by atoms with Crippen molar-refractivity contribution < 1.29 is 13.4 Å². The first-order valence-corrected chi connectivity index (χ1v) is 9.10. The third-order valence-electron chi connectivity index (χ3n) is 3.62. The average Bonchev–Trinajstić information content (AvgIpc) is 2.59. The molecule has 2 amide bonds. The summed E-state index contributed by atoms with van der Waals surface area (Å²) in [6, 6.07) is 13.2.